The summed E-state index contributed by atoms with van der Waals surface area (Å²) in [5.74, 6) is -2.13. The van der Waals surface area contributed by atoms with E-state index < -0.39 is 54.0 Å². The van der Waals surface area contributed by atoms with Crippen LogP contribution in [-0.2, 0) is 66.4 Å². The first-order chi connectivity index (χ1) is 55.7. The van der Waals surface area contributed by atoms with Gasteiger partial charge < -0.3 is 84.6 Å². The Bertz CT molecular complexity index is 4820. The summed E-state index contributed by atoms with van der Waals surface area (Å²) in [4.78, 5) is 141. The van der Waals surface area contributed by atoms with Gasteiger partial charge in [-0.05, 0) is 96.9 Å². The Hall–Kier alpha value is -11.7. The minimum Gasteiger partial charge on any atom is -0.480 e. The number of halogens is 3. The SMILES string of the molecule is CC(C(=O)O)N1CCn2cc(-c3nc(NC4CCOCC4)ncc3Cl)cc2C1=O.CC(C(=O)O)N1CCn2cc(-c3nc(NC4CCOCC4)ncc3Cl)nc2C1=O.C[C@H](C(=O)O)N1CCc2cc(-c3nc(NC4CCOCC4)ncc3Cl)cn2C1=O.Cc1cnc(Nc2ccnn2C)nc1-c1cc2n(c1)C(=O)N([C@H](C)C(=O)O)CC2. The molecule has 0 radical (unpaired) electrons. The zero-order chi connectivity index (χ0) is 82.3. The van der Waals surface area contributed by atoms with Crippen molar-refractivity contribution >= 4 is 112 Å². The topological polar surface area (TPSA) is 460 Å². The second-order valence-corrected chi connectivity index (χ2v) is 29.8. The van der Waals surface area contributed by atoms with Crippen LogP contribution in [-0.4, -0.2) is 269 Å². The summed E-state index contributed by atoms with van der Waals surface area (Å²) in [6.07, 6.45) is 21.3. The molecule has 41 heteroatoms. The number of nitrogens with one attached hydrogen (secondary N) is 4. The summed E-state index contributed by atoms with van der Waals surface area (Å²) in [5.41, 5.74) is 7.73. The third-order valence-corrected chi connectivity index (χ3v) is 21.8. The highest BCUT2D eigenvalue weighted by Gasteiger charge is 2.38. The van der Waals surface area contributed by atoms with Gasteiger partial charge in [0.2, 0.25) is 23.8 Å². The van der Waals surface area contributed by atoms with Crippen LogP contribution in [0.1, 0.15) is 104 Å². The summed E-state index contributed by atoms with van der Waals surface area (Å²) in [6.45, 7) is 14.4. The van der Waals surface area contributed by atoms with Gasteiger partial charge in [-0.1, -0.05) is 34.8 Å². The molecule has 4 atom stereocenters. The lowest BCUT2D eigenvalue weighted by Crippen LogP contribution is -2.49. The molecule has 8 N–H and O–H groups in total. The van der Waals surface area contributed by atoms with E-state index >= 15 is 0 Å². The highest BCUT2D eigenvalue weighted by atomic mass is 35.5. The standard InChI is InChI=1S/2C19H22ClN5O4.C19H21N7O3.C18H21ClN6O4/c1-11(18(27)28)25-5-4-24-10-12(8-15(24)17(25)26)16-14(20)9-21-19(23-16)22-13-2-6-29-7-3-13;1-11(17(26)27)24-5-2-14-8-12(10-25(14)19(24)28)16-15(20)9-21-18(23-16)22-13-3-6-29-7-4-13;1-11-9-20-18(22-15-4-6-21-24(15)3)23-16(11)13-8-14-5-7-25(12(2)17(27)28)19(29)26(14)10-13;1-10(17(27)28)25-5-4-24-9-13(22-15(24)16(25)26)14-12(19)8-20-18(23-14)21-11-2-6-29-7-3-11/h8-11,13H,2-7H2,1H3,(H,27,28)(H,21,22,23);8-11,13H,2-7H2,1H3,(H,26,27)(H,21,22,23);4,6,8-10,12H,5,7H2,1-3H3,(H,27,28)(H,20,22,23);8-11H,2-7H2,1H3,(H,27,28)(H,20,21,23)/t;11-;12-;/m.11./s1. The molecule has 2 unspecified atom stereocenters. The van der Waals surface area contributed by atoms with Gasteiger partial charge in [-0.15, -0.1) is 0 Å². The molecule has 3 saturated heterocycles. The van der Waals surface area contributed by atoms with E-state index in [1.165, 1.54) is 62.6 Å². The number of hydrogen-bond donors (Lipinski definition) is 8. The molecule has 0 bridgehead atoms. The monoisotopic (exact) mass is 1650 g/mol. The Labute approximate surface area is 678 Å². The van der Waals surface area contributed by atoms with Crippen LogP contribution in [0.2, 0.25) is 15.1 Å². The predicted octanol–water partition coefficient (Wildman–Crippen LogP) is 8.15. The molecule has 3 fully saturated rings. The fourth-order valence-corrected chi connectivity index (χ4v) is 14.7. The van der Waals surface area contributed by atoms with E-state index in [1.54, 1.807) is 58.7 Å². The highest BCUT2D eigenvalue weighted by molar-refractivity contribution is 6.33. The average molecular weight is 1660 g/mol. The second kappa shape index (κ2) is 36.0. The van der Waals surface area contributed by atoms with Crippen molar-refractivity contribution in [1.82, 2.24) is 92.5 Å². The number of fused-ring (bicyclic) bond motifs is 4. The number of aryl methyl sites for hydroxylation is 2. The average Bonchev–Trinajstić information content (AvgIpc) is 1.65. The van der Waals surface area contributed by atoms with Crippen LogP contribution in [0.5, 0.6) is 0 Å². The van der Waals surface area contributed by atoms with E-state index in [2.05, 4.69) is 71.2 Å². The maximum absolute atomic E-state index is 12.8. The number of carboxylic acid groups (broad SMARTS) is 4. The number of ether oxygens (including phenoxy) is 3. The first-order valence-corrected chi connectivity index (χ1v) is 38.9. The largest absolute Gasteiger partial charge is 0.480 e. The van der Waals surface area contributed by atoms with E-state index in [1.807, 2.05) is 42.9 Å². The number of imidazole rings is 1. The van der Waals surface area contributed by atoms with Gasteiger partial charge in [-0.25, -0.2) is 73.6 Å². The molecule has 16 rings (SSSR count). The molecule has 38 nitrogen and oxygen atoms in total. The maximum Gasteiger partial charge on any atom is 0.329 e. The summed E-state index contributed by atoms with van der Waals surface area (Å²) >= 11 is 19.0. The van der Waals surface area contributed by atoms with Crippen molar-refractivity contribution in [1.29, 1.82) is 0 Å². The first-order valence-electron chi connectivity index (χ1n) is 37.7. The molecule has 0 aromatic carbocycles. The molecule has 16 heterocycles. The Morgan fingerprint density at radius 3 is 1.34 bits per heavy atom. The number of aliphatic carboxylic acids is 4. The van der Waals surface area contributed by atoms with Crippen LogP contribution >= 0.6 is 34.8 Å². The summed E-state index contributed by atoms with van der Waals surface area (Å²) in [7, 11) is 1.81. The number of aromatic nitrogens is 15. The molecular weight excluding hydrogens is 1570 g/mol. The fourth-order valence-electron chi connectivity index (χ4n) is 14.1. The van der Waals surface area contributed by atoms with Gasteiger partial charge in [0, 0.05) is 182 Å². The molecule has 7 aliphatic heterocycles. The van der Waals surface area contributed by atoms with Crippen LogP contribution < -0.4 is 21.3 Å². The maximum atomic E-state index is 12.8. The zero-order valence-electron chi connectivity index (χ0n) is 64.1. The number of nitrogens with zero attached hydrogens (tertiary/aromatic N) is 19. The molecule has 612 valence electrons. The smallest absolute Gasteiger partial charge is 0.329 e. The Morgan fingerprint density at radius 1 is 0.474 bits per heavy atom. The van der Waals surface area contributed by atoms with Gasteiger partial charge in [0.1, 0.15) is 47.1 Å². The van der Waals surface area contributed by atoms with Crippen molar-refractivity contribution in [2.75, 3.05) is 87.1 Å². The normalized spacial score (nSPS) is 17.5. The molecule has 9 aromatic rings. The van der Waals surface area contributed by atoms with Crippen molar-refractivity contribution in [3.05, 3.63) is 124 Å². The van der Waals surface area contributed by atoms with Gasteiger partial charge in [0.15, 0.2) is 5.82 Å². The lowest BCUT2D eigenvalue weighted by molar-refractivity contribution is -0.142. The quantitative estimate of drug-likeness (QED) is 0.0356. The molecular formula is C75H86Cl3N23O15. The van der Waals surface area contributed by atoms with Gasteiger partial charge in [0.05, 0.1) is 56.9 Å². The van der Waals surface area contributed by atoms with Crippen molar-refractivity contribution in [3.8, 4) is 45.2 Å². The van der Waals surface area contributed by atoms with Crippen molar-refractivity contribution < 1.29 is 73.0 Å². The van der Waals surface area contributed by atoms with Crippen LogP contribution in [0.15, 0.2) is 80.0 Å². The molecule has 0 saturated carbocycles. The first kappa shape index (κ1) is 82.3. The summed E-state index contributed by atoms with van der Waals surface area (Å²) in [5, 5.41) is 55.2. The predicted molar refractivity (Wildman–Crippen MR) is 421 cm³/mol. The molecule has 7 aliphatic rings. The van der Waals surface area contributed by atoms with Gasteiger partial charge in [-0.3, -0.25) is 23.4 Å². The minimum absolute atomic E-state index is 0.174. The fraction of sp³-hybridized carbons (Fsp3) is 0.440. The Kier molecular flexibility index (Phi) is 25.5. The van der Waals surface area contributed by atoms with Gasteiger partial charge in [0.25, 0.3) is 11.8 Å². The van der Waals surface area contributed by atoms with Crippen molar-refractivity contribution in [3.63, 3.8) is 0 Å². The second-order valence-electron chi connectivity index (χ2n) is 28.6. The van der Waals surface area contributed by atoms with E-state index in [0.29, 0.717) is 176 Å². The van der Waals surface area contributed by atoms with Crippen LogP contribution in [0, 0.1) is 6.92 Å². The van der Waals surface area contributed by atoms with Crippen molar-refractivity contribution in [2.24, 2.45) is 7.05 Å². The Balaban J connectivity index is 0.000000135. The number of anilines is 5. The molecule has 9 aromatic heterocycles. The lowest BCUT2D eigenvalue weighted by Gasteiger charge is -2.31. The van der Waals surface area contributed by atoms with Crippen LogP contribution in [0.4, 0.5) is 39.2 Å². The summed E-state index contributed by atoms with van der Waals surface area (Å²) < 4.78 is 24.3. The van der Waals surface area contributed by atoms with E-state index in [-0.39, 0.29) is 41.9 Å². The summed E-state index contributed by atoms with van der Waals surface area (Å²) in [6, 6.07) is 3.74. The number of hydrogen-bond acceptors (Lipinski definition) is 25. The van der Waals surface area contributed by atoms with E-state index in [9.17, 15) is 58.8 Å². The third kappa shape index (κ3) is 18.5. The van der Waals surface area contributed by atoms with Crippen molar-refractivity contribution in [2.45, 2.75) is 141 Å². The zero-order valence-corrected chi connectivity index (χ0v) is 66.4. The molecule has 0 aliphatic carbocycles. The number of carbonyl (C=O) groups is 8. The molecule has 4 amide bonds. The molecule has 0 spiro atoms. The number of rotatable bonds is 20. The van der Waals surface area contributed by atoms with E-state index in [0.717, 1.165) is 66.9 Å². The van der Waals surface area contributed by atoms with Gasteiger partial charge >= 0.3 is 35.9 Å². The molecule has 116 heavy (non-hydrogen) atoms. The van der Waals surface area contributed by atoms with Gasteiger partial charge in [-0.2, -0.15) is 5.10 Å². The number of carboxylic acids is 4. The minimum atomic E-state index is -1.05. The number of carbonyl (C=O) groups excluding carboxylic acids is 4. The third-order valence-electron chi connectivity index (χ3n) is 21.0. The highest BCUT2D eigenvalue weighted by Crippen LogP contribution is 2.35. The van der Waals surface area contributed by atoms with Crippen LogP contribution in [0.25, 0.3) is 45.2 Å². The lowest BCUT2D eigenvalue weighted by atomic mass is 10.1. The Morgan fingerprint density at radius 2 is 0.879 bits per heavy atom. The number of amides is 4. The van der Waals surface area contributed by atoms with Crippen LogP contribution in [0.3, 0.4) is 0 Å². The van der Waals surface area contributed by atoms with E-state index in [4.69, 9.17) is 49.0 Å².